The molecule has 174 valence electrons. The minimum atomic E-state index is -0.0724. The average Bonchev–Trinajstić information content (AvgIpc) is 3.33. The molecule has 1 unspecified atom stereocenters. The molecule has 1 saturated heterocycles. The Morgan fingerprint density at radius 1 is 1.06 bits per heavy atom. The molecule has 1 aliphatic rings. The van der Waals surface area contributed by atoms with Gasteiger partial charge in [-0.1, -0.05) is 42.5 Å². The number of hydrogen-bond acceptors (Lipinski definition) is 3. The van der Waals surface area contributed by atoms with Crippen LogP contribution in [0.4, 0.5) is 5.69 Å². The fourth-order valence-corrected chi connectivity index (χ4v) is 3.77. The van der Waals surface area contributed by atoms with Gasteiger partial charge in [0, 0.05) is 31.9 Å². The zero-order chi connectivity index (χ0) is 21.9. The second-order valence-electron chi connectivity index (χ2n) is 7.94. The normalized spacial score (nSPS) is 14.4. The number of carbonyl (C=O) groups is 1. The van der Waals surface area contributed by atoms with Gasteiger partial charge in [0.2, 0.25) is 5.91 Å². The molecule has 0 radical (unpaired) electrons. The number of benzene rings is 2. The molecular weight excluding hydrogens is 513 g/mol. The minimum Gasteiger partial charge on any atom is -0.372 e. The Balaban J connectivity index is 0.00000363. The molecule has 1 fully saturated rings. The summed E-state index contributed by atoms with van der Waals surface area (Å²) in [4.78, 5) is 19.1. The zero-order valence-corrected chi connectivity index (χ0v) is 21.5. The molecule has 3 N–H and O–H groups in total. The summed E-state index contributed by atoms with van der Waals surface area (Å²) in [5.74, 6) is 0.580. The first-order chi connectivity index (χ1) is 15.2. The van der Waals surface area contributed by atoms with E-state index in [1.807, 2.05) is 25.1 Å². The van der Waals surface area contributed by atoms with Gasteiger partial charge in [0.1, 0.15) is 6.54 Å². The SMILES string of the molecule is CCNC(=NCC(=O)NCCc1ccccc1)NC(C)c1cccc(N2CCCC2)c1.I. The molecule has 1 heterocycles. The highest BCUT2D eigenvalue weighted by Crippen LogP contribution is 2.23. The number of rotatable bonds is 9. The Morgan fingerprint density at radius 3 is 2.53 bits per heavy atom. The van der Waals surface area contributed by atoms with Crippen molar-refractivity contribution in [2.24, 2.45) is 4.99 Å². The number of halogens is 1. The molecule has 1 atom stereocenters. The van der Waals surface area contributed by atoms with E-state index >= 15 is 0 Å². The van der Waals surface area contributed by atoms with Crippen molar-refractivity contribution >= 4 is 41.5 Å². The molecule has 2 aromatic rings. The quantitative estimate of drug-likeness (QED) is 0.253. The smallest absolute Gasteiger partial charge is 0.241 e. The van der Waals surface area contributed by atoms with E-state index in [4.69, 9.17) is 0 Å². The van der Waals surface area contributed by atoms with Gasteiger partial charge < -0.3 is 20.9 Å². The van der Waals surface area contributed by atoms with Crippen LogP contribution in [0.25, 0.3) is 0 Å². The van der Waals surface area contributed by atoms with Crippen LogP contribution >= 0.6 is 24.0 Å². The fraction of sp³-hybridized carbons (Fsp3) is 0.440. The maximum Gasteiger partial charge on any atom is 0.241 e. The number of hydrogen-bond donors (Lipinski definition) is 3. The third-order valence-corrected chi connectivity index (χ3v) is 5.50. The molecule has 1 aliphatic heterocycles. The summed E-state index contributed by atoms with van der Waals surface area (Å²) in [6, 6.07) is 18.9. The highest BCUT2D eigenvalue weighted by Gasteiger charge is 2.14. The molecular formula is C25H36IN5O. The Kier molecular flexibility index (Phi) is 11.3. The van der Waals surface area contributed by atoms with E-state index in [0.29, 0.717) is 12.5 Å². The molecule has 0 aliphatic carbocycles. The Labute approximate surface area is 209 Å². The Morgan fingerprint density at radius 2 is 1.81 bits per heavy atom. The summed E-state index contributed by atoms with van der Waals surface area (Å²) < 4.78 is 0. The lowest BCUT2D eigenvalue weighted by Crippen LogP contribution is -2.40. The van der Waals surface area contributed by atoms with Gasteiger partial charge in [-0.3, -0.25) is 4.79 Å². The predicted molar refractivity (Wildman–Crippen MR) is 144 cm³/mol. The summed E-state index contributed by atoms with van der Waals surface area (Å²) >= 11 is 0. The van der Waals surface area contributed by atoms with Crippen LogP contribution in [0.1, 0.15) is 43.9 Å². The molecule has 6 nitrogen and oxygen atoms in total. The molecule has 1 amide bonds. The largest absolute Gasteiger partial charge is 0.372 e. The van der Waals surface area contributed by atoms with Gasteiger partial charge in [0.25, 0.3) is 0 Å². The van der Waals surface area contributed by atoms with Gasteiger partial charge in [-0.25, -0.2) is 4.99 Å². The van der Waals surface area contributed by atoms with Crippen LogP contribution in [0, 0.1) is 0 Å². The van der Waals surface area contributed by atoms with Crippen LogP contribution in [-0.4, -0.2) is 44.6 Å². The van der Waals surface area contributed by atoms with Crippen LogP contribution in [0.15, 0.2) is 59.6 Å². The molecule has 32 heavy (non-hydrogen) atoms. The van der Waals surface area contributed by atoms with Crippen LogP contribution in [-0.2, 0) is 11.2 Å². The Bertz CT molecular complexity index is 852. The molecule has 7 heteroatoms. The maximum absolute atomic E-state index is 12.2. The maximum atomic E-state index is 12.2. The van der Waals surface area contributed by atoms with Crippen LogP contribution in [0.3, 0.4) is 0 Å². The van der Waals surface area contributed by atoms with E-state index in [-0.39, 0.29) is 42.5 Å². The van der Waals surface area contributed by atoms with Crippen molar-refractivity contribution < 1.29 is 4.79 Å². The predicted octanol–water partition coefficient (Wildman–Crippen LogP) is 3.88. The van der Waals surface area contributed by atoms with Crippen molar-refractivity contribution in [1.29, 1.82) is 0 Å². The second kappa shape index (κ2) is 14.0. The monoisotopic (exact) mass is 549 g/mol. The second-order valence-corrected chi connectivity index (χ2v) is 7.94. The van der Waals surface area contributed by atoms with Crippen molar-refractivity contribution in [3.63, 3.8) is 0 Å². The number of nitrogens with zero attached hydrogens (tertiary/aromatic N) is 2. The molecule has 0 aromatic heterocycles. The third kappa shape index (κ3) is 8.33. The van der Waals surface area contributed by atoms with Crippen molar-refractivity contribution in [3.8, 4) is 0 Å². The first kappa shape index (κ1) is 26.0. The highest BCUT2D eigenvalue weighted by atomic mass is 127. The van der Waals surface area contributed by atoms with E-state index < -0.39 is 0 Å². The lowest BCUT2D eigenvalue weighted by Gasteiger charge is -2.22. The van der Waals surface area contributed by atoms with Gasteiger partial charge in [-0.05, 0) is 56.4 Å². The average molecular weight is 550 g/mol. The molecule has 0 saturated carbocycles. The summed E-state index contributed by atoms with van der Waals surface area (Å²) in [5, 5.41) is 9.61. The summed E-state index contributed by atoms with van der Waals surface area (Å²) in [6.07, 6.45) is 3.35. The van der Waals surface area contributed by atoms with E-state index in [1.165, 1.54) is 29.7 Å². The zero-order valence-electron chi connectivity index (χ0n) is 19.1. The molecule has 3 rings (SSSR count). The first-order valence-corrected chi connectivity index (χ1v) is 11.4. The van der Waals surface area contributed by atoms with Crippen LogP contribution in [0.5, 0.6) is 0 Å². The molecule has 0 spiro atoms. The van der Waals surface area contributed by atoms with Crippen molar-refractivity contribution in [3.05, 3.63) is 65.7 Å². The van der Waals surface area contributed by atoms with Gasteiger partial charge in [0.15, 0.2) is 5.96 Å². The molecule has 0 bridgehead atoms. The highest BCUT2D eigenvalue weighted by molar-refractivity contribution is 14.0. The lowest BCUT2D eigenvalue weighted by atomic mass is 10.1. The van der Waals surface area contributed by atoms with Gasteiger partial charge >= 0.3 is 0 Å². The Hall–Kier alpha value is -2.29. The van der Waals surface area contributed by atoms with E-state index in [0.717, 1.165) is 26.1 Å². The van der Waals surface area contributed by atoms with E-state index in [1.54, 1.807) is 0 Å². The van der Waals surface area contributed by atoms with Gasteiger partial charge in [-0.15, -0.1) is 24.0 Å². The van der Waals surface area contributed by atoms with Crippen molar-refractivity contribution in [1.82, 2.24) is 16.0 Å². The molecule has 2 aromatic carbocycles. The summed E-state index contributed by atoms with van der Waals surface area (Å²) in [5.41, 5.74) is 3.71. The topological polar surface area (TPSA) is 68.8 Å². The standard InChI is InChI=1S/C25H35N5O.HI/c1-3-26-25(28-19-24(31)27-15-14-21-10-5-4-6-11-21)29-20(2)22-12-9-13-23(18-22)30-16-7-8-17-30;/h4-6,9-13,18,20H,3,7-8,14-17,19H2,1-2H3,(H,27,31)(H2,26,28,29);1H. The van der Waals surface area contributed by atoms with Crippen LogP contribution in [0.2, 0.25) is 0 Å². The number of guanidine groups is 1. The van der Waals surface area contributed by atoms with Crippen molar-refractivity contribution in [2.75, 3.05) is 37.6 Å². The summed E-state index contributed by atoms with van der Waals surface area (Å²) in [6.45, 7) is 7.86. The minimum absolute atomic E-state index is 0. The third-order valence-electron chi connectivity index (χ3n) is 5.50. The van der Waals surface area contributed by atoms with Crippen LogP contribution < -0.4 is 20.9 Å². The number of carbonyl (C=O) groups excluding carboxylic acids is 1. The summed E-state index contributed by atoms with van der Waals surface area (Å²) in [7, 11) is 0. The van der Waals surface area contributed by atoms with Crippen molar-refractivity contribution in [2.45, 2.75) is 39.2 Å². The lowest BCUT2D eigenvalue weighted by molar-refractivity contribution is -0.119. The number of anilines is 1. The number of amides is 1. The number of nitrogens with one attached hydrogen (secondary N) is 3. The van der Waals surface area contributed by atoms with Gasteiger partial charge in [-0.2, -0.15) is 0 Å². The first-order valence-electron chi connectivity index (χ1n) is 11.4. The fourth-order valence-electron chi connectivity index (χ4n) is 3.77. The number of aliphatic imine (C=N–C) groups is 1. The van der Waals surface area contributed by atoms with Gasteiger partial charge in [0.05, 0.1) is 6.04 Å². The van der Waals surface area contributed by atoms with E-state index in [2.05, 4.69) is 69.2 Å². The van der Waals surface area contributed by atoms with E-state index in [9.17, 15) is 4.79 Å².